The molecule has 0 heterocycles. The minimum Gasteiger partial charge on any atom is -0.388 e. The highest BCUT2D eigenvalue weighted by Crippen LogP contribution is 2.46. The fourth-order valence-corrected chi connectivity index (χ4v) is 3.55. The van der Waals surface area contributed by atoms with Crippen LogP contribution in [0.4, 0.5) is 35.1 Å². The molecule has 11 heteroatoms. The Kier molecular flexibility index (Phi) is 5.40. The van der Waals surface area contributed by atoms with E-state index in [9.17, 15) is 45.0 Å². The normalized spacial score (nSPS) is 20.4. The van der Waals surface area contributed by atoms with E-state index in [0.717, 1.165) is 13.2 Å². The van der Waals surface area contributed by atoms with E-state index in [1.807, 2.05) is 0 Å². The lowest BCUT2D eigenvalue weighted by molar-refractivity contribution is -0.142. The summed E-state index contributed by atoms with van der Waals surface area (Å²) in [5.41, 5.74) is -4.42. The summed E-state index contributed by atoms with van der Waals surface area (Å²) in [7, 11) is 0.974. The van der Waals surface area contributed by atoms with E-state index in [0.29, 0.717) is 24.3 Å². The molecule has 0 radical (unpaired) electrons. The molecule has 0 bridgehead atoms. The summed E-state index contributed by atoms with van der Waals surface area (Å²) in [4.78, 5) is 12.6. The third-order valence-electron chi connectivity index (χ3n) is 4.86. The molecule has 0 aromatic heterocycles. The molecule has 3 nitrogen and oxygen atoms in total. The van der Waals surface area contributed by atoms with E-state index in [1.165, 1.54) is 0 Å². The number of ether oxygens (including phenoxy) is 1. The topological polar surface area (TPSA) is 46.5 Å². The zero-order valence-corrected chi connectivity index (χ0v) is 14.9. The molecule has 3 unspecified atom stereocenters. The molecule has 30 heavy (non-hydrogen) atoms. The lowest BCUT2D eigenvalue weighted by Crippen LogP contribution is -2.25. The fraction of sp³-hybridized carbons (Fsp3) is 0.316. The SMILES string of the molecule is COC(c1cc(F)c(C(F)(F)F)c(F)c1)C1C(=O)c2ccc(C(F)(F)F)cc2C1O. The highest BCUT2D eigenvalue weighted by molar-refractivity contribution is 6.03. The molecule has 1 N–H and O–H groups in total. The number of Topliss-reactive ketones (excluding diaryl/α,β-unsaturated/α-hetero) is 1. The van der Waals surface area contributed by atoms with Gasteiger partial charge in [-0.25, -0.2) is 8.78 Å². The van der Waals surface area contributed by atoms with Crippen molar-refractivity contribution < 1.29 is 49.8 Å². The lowest BCUT2D eigenvalue weighted by atomic mass is 9.89. The molecular weight excluding hydrogens is 428 g/mol. The summed E-state index contributed by atoms with van der Waals surface area (Å²) in [5, 5.41) is 10.5. The Morgan fingerprint density at radius 1 is 0.967 bits per heavy atom. The van der Waals surface area contributed by atoms with Crippen molar-refractivity contribution in [3.63, 3.8) is 0 Å². The zero-order valence-electron chi connectivity index (χ0n) is 14.9. The van der Waals surface area contributed by atoms with Crippen LogP contribution in [0.2, 0.25) is 0 Å². The molecule has 0 amide bonds. The second kappa shape index (κ2) is 7.31. The number of fused-ring (bicyclic) bond motifs is 1. The van der Waals surface area contributed by atoms with Crippen LogP contribution >= 0.6 is 0 Å². The Morgan fingerprint density at radius 3 is 2.00 bits per heavy atom. The summed E-state index contributed by atoms with van der Waals surface area (Å²) >= 11 is 0. The van der Waals surface area contributed by atoms with Gasteiger partial charge in [0.25, 0.3) is 0 Å². The molecule has 0 fully saturated rings. The molecule has 0 aliphatic heterocycles. The number of aliphatic hydroxyl groups is 1. The van der Waals surface area contributed by atoms with Crippen molar-refractivity contribution in [2.45, 2.75) is 24.6 Å². The maximum atomic E-state index is 13.9. The maximum absolute atomic E-state index is 13.9. The molecule has 0 saturated carbocycles. The van der Waals surface area contributed by atoms with Gasteiger partial charge in [0.05, 0.1) is 23.7 Å². The summed E-state index contributed by atoms with van der Waals surface area (Å²) in [6, 6.07) is 2.67. The van der Waals surface area contributed by atoms with E-state index >= 15 is 0 Å². The van der Waals surface area contributed by atoms with Crippen LogP contribution in [0.15, 0.2) is 30.3 Å². The van der Waals surface area contributed by atoms with Gasteiger partial charge in [-0.2, -0.15) is 26.3 Å². The van der Waals surface area contributed by atoms with E-state index in [4.69, 9.17) is 4.74 Å². The highest BCUT2D eigenvalue weighted by atomic mass is 19.4. The first-order chi connectivity index (χ1) is 13.8. The van der Waals surface area contributed by atoms with Gasteiger partial charge in [-0.05, 0) is 35.4 Å². The van der Waals surface area contributed by atoms with Gasteiger partial charge < -0.3 is 9.84 Å². The summed E-state index contributed by atoms with van der Waals surface area (Å²) < 4.78 is 110. The molecule has 0 saturated heterocycles. The first-order valence-corrected chi connectivity index (χ1v) is 8.29. The van der Waals surface area contributed by atoms with Crippen LogP contribution in [0, 0.1) is 17.6 Å². The second-order valence-electron chi connectivity index (χ2n) is 6.65. The van der Waals surface area contributed by atoms with Crippen LogP contribution in [-0.4, -0.2) is 18.0 Å². The number of ketones is 1. The molecule has 3 rings (SSSR count). The molecular formula is C19H12F8O3. The predicted molar refractivity (Wildman–Crippen MR) is 85.3 cm³/mol. The Morgan fingerprint density at radius 2 is 1.53 bits per heavy atom. The molecule has 2 aromatic carbocycles. The molecule has 0 spiro atoms. The molecule has 3 atom stereocenters. The van der Waals surface area contributed by atoms with Gasteiger partial charge in [0.15, 0.2) is 5.78 Å². The van der Waals surface area contributed by atoms with Crippen molar-refractivity contribution >= 4 is 5.78 Å². The largest absolute Gasteiger partial charge is 0.422 e. The number of carbonyl (C=O) groups is 1. The Hall–Kier alpha value is -2.53. The second-order valence-corrected chi connectivity index (χ2v) is 6.65. The highest BCUT2D eigenvalue weighted by Gasteiger charge is 2.46. The fourth-order valence-electron chi connectivity index (χ4n) is 3.55. The van der Waals surface area contributed by atoms with Gasteiger partial charge in [-0.1, -0.05) is 6.07 Å². The van der Waals surface area contributed by atoms with Crippen LogP contribution < -0.4 is 0 Å². The quantitative estimate of drug-likeness (QED) is 0.665. The predicted octanol–water partition coefficient (Wildman–Crippen LogP) is 5.24. The van der Waals surface area contributed by atoms with Crippen molar-refractivity contribution in [2.24, 2.45) is 5.92 Å². The summed E-state index contributed by atoms with van der Waals surface area (Å²) in [6.45, 7) is 0. The summed E-state index contributed by atoms with van der Waals surface area (Å²) in [6.07, 6.45) is -13.5. The Balaban J connectivity index is 2.05. The first-order valence-electron chi connectivity index (χ1n) is 8.29. The number of hydrogen-bond acceptors (Lipinski definition) is 3. The lowest BCUT2D eigenvalue weighted by Gasteiger charge is -2.25. The van der Waals surface area contributed by atoms with Crippen molar-refractivity contribution in [1.29, 1.82) is 0 Å². The number of rotatable bonds is 3. The number of carbonyl (C=O) groups excluding carboxylic acids is 1. The van der Waals surface area contributed by atoms with Crippen LogP contribution in [-0.2, 0) is 17.1 Å². The number of benzene rings is 2. The number of hydrogen-bond donors (Lipinski definition) is 1. The first kappa shape index (κ1) is 22.2. The van der Waals surface area contributed by atoms with Gasteiger partial charge in [-0.15, -0.1) is 0 Å². The Labute approximate surface area is 163 Å². The van der Waals surface area contributed by atoms with Crippen molar-refractivity contribution in [3.8, 4) is 0 Å². The van der Waals surface area contributed by atoms with Crippen LogP contribution in [0.1, 0.15) is 44.8 Å². The van der Waals surface area contributed by atoms with E-state index in [2.05, 4.69) is 0 Å². The van der Waals surface area contributed by atoms with Crippen LogP contribution in [0.5, 0.6) is 0 Å². The van der Waals surface area contributed by atoms with Gasteiger partial charge in [-0.3, -0.25) is 4.79 Å². The van der Waals surface area contributed by atoms with Gasteiger partial charge >= 0.3 is 12.4 Å². The number of aliphatic hydroxyl groups excluding tert-OH is 1. The minimum atomic E-state index is -5.32. The molecule has 1 aliphatic rings. The zero-order chi connectivity index (χ0) is 22.6. The number of alkyl halides is 6. The summed E-state index contributed by atoms with van der Waals surface area (Å²) in [5.74, 6) is -6.42. The van der Waals surface area contributed by atoms with E-state index < -0.39 is 64.6 Å². The monoisotopic (exact) mass is 440 g/mol. The number of halogens is 8. The third-order valence-corrected chi connectivity index (χ3v) is 4.86. The van der Waals surface area contributed by atoms with E-state index in [-0.39, 0.29) is 11.1 Å². The smallest absolute Gasteiger partial charge is 0.388 e. The Bertz CT molecular complexity index is 973. The average Bonchev–Trinajstić information content (AvgIpc) is 2.85. The van der Waals surface area contributed by atoms with Crippen LogP contribution in [0.25, 0.3) is 0 Å². The molecule has 2 aromatic rings. The average molecular weight is 440 g/mol. The van der Waals surface area contributed by atoms with Crippen molar-refractivity contribution in [1.82, 2.24) is 0 Å². The van der Waals surface area contributed by atoms with Gasteiger partial charge in [0.2, 0.25) is 0 Å². The van der Waals surface area contributed by atoms with Gasteiger partial charge in [0, 0.05) is 12.7 Å². The molecule has 162 valence electrons. The third kappa shape index (κ3) is 3.67. The molecule has 1 aliphatic carbocycles. The van der Waals surface area contributed by atoms with Crippen LogP contribution in [0.3, 0.4) is 0 Å². The standard InChI is InChI=1S/C19H12F8O3/c1-30-17(7-4-11(20)14(12(21)5-7)19(25,26)27)13-15(28)9-3-2-8(18(22,23)24)6-10(9)16(13)29/h2-6,13,16-17,29H,1H3. The van der Waals surface area contributed by atoms with Gasteiger partial charge in [0.1, 0.15) is 17.2 Å². The minimum absolute atomic E-state index is 0.254. The number of methoxy groups -OCH3 is 1. The van der Waals surface area contributed by atoms with E-state index in [1.54, 1.807) is 0 Å². The maximum Gasteiger partial charge on any atom is 0.422 e. The van der Waals surface area contributed by atoms with Crippen molar-refractivity contribution in [3.05, 3.63) is 69.8 Å². The van der Waals surface area contributed by atoms with Crippen molar-refractivity contribution in [2.75, 3.05) is 7.11 Å².